The van der Waals surface area contributed by atoms with Crippen molar-refractivity contribution in [2.24, 2.45) is 0 Å². The van der Waals surface area contributed by atoms with Crippen LogP contribution >= 0.6 is 11.3 Å². The smallest absolute Gasteiger partial charge is 0.252 e. The van der Waals surface area contributed by atoms with E-state index in [9.17, 15) is 0 Å². The Morgan fingerprint density at radius 1 is 0.486 bits per heavy atom. The van der Waals surface area contributed by atoms with Gasteiger partial charge >= 0.3 is 0 Å². The third-order valence-corrected chi connectivity index (χ3v) is 20.3. The molecule has 0 N–H and O–H groups in total. The van der Waals surface area contributed by atoms with Gasteiger partial charge in [-0.25, -0.2) is 0 Å². The predicted octanol–water partition coefficient (Wildman–Crippen LogP) is 17.1. The first-order valence-electron chi connectivity index (χ1n) is 26.8. The van der Waals surface area contributed by atoms with Crippen LogP contribution in [0.2, 0.25) is 0 Å². The molecule has 0 fully saturated rings. The summed E-state index contributed by atoms with van der Waals surface area (Å²) in [6.07, 6.45) is 7.15. The maximum atomic E-state index is 2.79. The molecule has 0 unspecified atom stereocenters. The Balaban J connectivity index is 1.24. The number of aryl methyl sites for hydroxylation is 2. The third-order valence-electron chi connectivity index (χ3n) is 19.1. The van der Waals surface area contributed by atoms with Gasteiger partial charge in [0.25, 0.3) is 6.71 Å². The van der Waals surface area contributed by atoms with Crippen molar-refractivity contribution in [3.8, 4) is 0 Å². The molecular formula is C66H77BN2S. The summed E-state index contributed by atoms with van der Waals surface area (Å²) in [5.74, 6) is 0. The fraction of sp³-hybridized carbons (Fsp3) is 0.455. The van der Waals surface area contributed by atoms with Crippen molar-refractivity contribution in [3.05, 3.63) is 135 Å². The summed E-state index contributed by atoms with van der Waals surface area (Å²) in [7, 11) is 0. The van der Waals surface area contributed by atoms with Crippen LogP contribution < -0.4 is 26.2 Å². The lowest BCUT2D eigenvalue weighted by atomic mass is 9.33. The van der Waals surface area contributed by atoms with Crippen LogP contribution in [0.15, 0.2) is 84.9 Å². The van der Waals surface area contributed by atoms with Gasteiger partial charge in [0.1, 0.15) is 0 Å². The van der Waals surface area contributed by atoms with Crippen molar-refractivity contribution in [2.45, 2.75) is 194 Å². The van der Waals surface area contributed by atoms with Gasteiger partial charge in [-0.2, -0.15) is 0 Å². The zero-order valence-corrected chi connectivity index (χ0v) is 46.5. The highest BCUT2D eigenvalue weighted by Crippen LogP contribution is 2.56. The number of fused-ring (bicyclic) bond motifs is 11. The van der Waals surface area contributed by atoms with Gasteiger partial charge in [-0.1, -0.05) is 146 Å². The van der Waals surface area contributed by atoms with E-state index in [0.29, 0.717) is 0 Å². The van der Waals surface area contributed by atoms with Crippen molar-refractivity contribution < 1.29 is 0 Å². The maximum absolute atomic E-state index is 2.79. The summed E-state index contributed by atoms with van der Waals surface area (Å²) in [5.41, 5.74) is 26.0. The van der Waals surface area contributed by atoms with Crippen LogP contribution in [-0.4, -0.2) is 6.71 Å². The minimum absolute atomic E-state index is 0.0132. The van der Waals surface area contributed by atoms with E-state index in [1.165, 1.54) is 159 Å². The summed E-state index contributed by atoms with van der Waals surface area (Å²) in [6.45, 7) is 41.8. The number of rotatable bonds is 2. The van der Waals surface area contributed by atoms with Crippen LogP contribution in [0.25, 0.3) is 20.2 Å². The lowest BCUT2D eigenvalue weighted by Crippen LogP contribution is -2.62. The third kappa shape index (κ3) is 6.48. The molecule has 7 aromatic rings. The predicted molar refractivity (Wildman–Crippen MR) is 307 cm³/mol. The van der Waals surface area contributed by atoms with Gasteiger partial charge in [-0.05, 0) is 199 Å². The van der Waals surface area contributed by atoms with Crippen LogP contribution in [0.5, 0.6) is 0 Å². The highest BCUT2D eigenvalue weighted by atomic mass is 32.1. The van der Waals surface area contributed by atoms with E-state index in [1.54, 1.807) is 0 Å². The first-order valence-corrected chi connectivity index (χ1v) is 27.7. The van der Waals surface area contributed by atoms with E-state index in [0.717, 1.165) is 0 Å². The molecule has 4 heteroatoms. The monoisotopic (exact) mass is 941 g/mol. The Morgan fingerprint density at radius 2 is 1.00 bits per heavy atom. The van der Waals surface area contributed by atoms with E-state index in [2.05, 4.69) is 212 Å². The first-order chi connectivity index (χ1) is 32.6. The molecule has 70 heavy (non-hydrogen) atoms. The van der Waals surface area contributed by atoms with E-state index in [4.69, 9.17) is 0 Å². The van der Waals surface area contributed by atoms with Crippen LogP contribution in [0.3, 0.4) is 0 Å². The number of hydrogen-bond acceptors (Lipinski definition) is 3. The number of thiophene rings is 1. The molecular weight excluding hydrogens is 864 g/mol. The largest absolute Gasteiger partial charge is 0.311 e. The molecule has 6 aromatic carbocycles. The fourth-order valence-corrected chi connectivity index (χ4v) is 15.8. The topological polar surface area (TPSA) is 6.48 Å². The van der Waals surface area contributed by atoms with Crippen molar-refractivity contribution in [1.29, 1.82) is 0 Å². The SMILES string of the molecule is Cc1cc2c3c(c1)N(c1cc4c(cc1C)C(C)(C)CCC4(C)C)c1c(ccc4sc5c(C(C)(C)C)cccc5c14)B3c1cc3c(cc1N2c1ccc2c(c1)C(C)(C)CCC2(C)C)C(C)(C)CCC3(C)C. The van der Waals surface area contributed by atoms with E-state index >= 15 is 0 Å². The second kappa shape index (κ2) is 14.5. The number of hydrogen-bond donors (Lipinski definition) is 0. The molecule has 0 atom stereocenters. The van der Waals surface area contributed by atoms with Crippen molar-refractivity contribution in [3.63, 3.8) is 0 Å². The van der Waals surface area contributed by atoms with Crippen LogP contribution in [0.1, 0.15) is 192 Å². The van der Waals surface area contributed by atoms with E-state index < -0.39 is 0 Å². The molecule has 0 saturated heterocycles. The molecule has 3 aliphatic carbocycles. The van der Waals surface area contributed by atoms with Gasteiger partial charge in [0.05, 0.1) is 5.69 Å². The molecule has 2 nitrogen and oxygen atoms in total. The summed E-state index contributed by atoms with van der Waals surface area (Å²) >= 11 is 2.00. The molecule has 2 aliphatic heterocycles. The van der Waals surface area contributed by atoms with Gasteiger partial charge < -0.3 is 9.80 Å². The quantitative estimate of drug-likeness (QED) is 0.159. The average Bonchev–Trinajstić information content (AvgIpc) is 3.67. The van der Waals surface area contributed by atoms with Gasteiger partial charge in [-0.3, -0.25) is 0 Å². The first kappa shape index (κ1) is 46.3. The second-order valence-electron chi connectivity index (χ2n) is 27.9. The molecule has 1 aromatic heterocycles. The van der Waals surface area contributed by atoms with Crippen LogP contribution in [-0.2, 0) is 37.9 Å². The molecule has 5 aliphatic rings. The highest BCUT2D eigenvalue weighted by Gasteiger charge is 2.49. The summed E-state index contributed by atoms with van der Waals surface area (Å²) < 4.78 is 2.79. The molecule has 0 bridgehead atoms. The minimum atomic E-state index is 0.0132. The Kier molecular flexibility index (Phi) is 9.56. The normalized spacial score (nSPS) is 20.6. The molecule has 0 amide bonds. The van der Waals surface area contributed by atoms with Crippen LogP contribution in [0.4, 0.5) is 34.1 Å². The van der Waals surface area contributed by atoms with Crippen LogP contribution in [0, 0.1) is 13.8 Å². The molecule has 3 heterocycles. The minimum Gasteiger partial charge on any atom is -0.311 e. The standard InChI is InChI=1S/C66H77BN2S/c1-38-31-53-57-54(32-38)69(51-36-47-44(33-39(51)2)62(8,9)27-29-65(47,14)15)58-49(23-24-55-56(58)41-19-18-20-43(59(41)70-55)60(3,4)5)67(57)50-35-46-48(66(16,17)30-28-64(46,12)13)37-52(50)68(53)40-21-22-42-45(34-40)63(10,11)26-25-61(42,6)7/h18-24,31-37H,25-30H2,1-17H3. The Morgan fingerprint density at radius 3 is 1.59 bits per heavy atom. The summed E-state index contributed by atoms with van der Waals surface area (Å²) in [5, 5.41) is 2.78. The van der Waals surface area contributed by atoms with Crippen molar-refractivity contribution in [1.82, 2.24) is 0 Å². The number of nitrogens with zero attached hydrogens (tertiary/aromatic N) is 2. The van der Waals surface area contributed by atoms with E-state index in [1.807, 2.05) is 11.3 Å². The van der Waals surface area contributed by atoms with Gasteiger partial charge in [-0.15, -0.1) is 11.3 Å². The molecule has 0 spiro atoms. The zero-order valence-electron chi connectivity index (χ0n) is 45.7. The van der Waals surface area contributed by atoms with E-state index in [-0.39, 0.29) is 44.6 Å². The number of anilines is 6. The highest BCUT2D eigenvalue weighted by molar-refractivity contribution is 7.26. The molecule has 12 rings (SSSR count). The maximum Gasteiger partial charge on any atom is 0.252 e. The Hall–Kier alpha value is -4.80. The van der Waals surface area contributed by atoms with Gasteiger partial charge in [0.15, 0.2) is 0 Å². The number of benzene rings is 6. The lowest BCUT2D eigenvalue weighted by molar-refractivity contribution is 0.332. The van der Waals surface area contributed by atoms with Crippen molar-refractivity contribution in [2.75, 3.05) is 9.80 Å². The summed E-state index contributed by atoms with van der Waals surface area (Å²) in [4.78, 5) is 5.52. The van der Waals surface area contributed by atoms with Gasteiger partial charge in [0.2, 0.25) is 0 Å². The van der Waals surface area contributed by atoms with Gasteiger partial charge in [0, 0.05) is 48.6 Å². The fourth-order valence-electron chi connectivity index (χ4n) is 14.3. The summed E-state index contributed by atoms with van der Waals surface area (Å²) in [6, 6.07) is 35.6. The lowest BCUT2D eigenvalue weighted by Gasteiger charge is -2.48. The molecule has 0 radical (unpaired) electrons. The van der Waals surface area contributed by atoms with Crippen molar-refractivity contribution >= 4 is 88.7 Å². The second-order valence-corrected chi connectivity index (χ2v) is 29.0. The Bertz CT molecular complexity index is 3420. The zero-order chi connectivity index (χ0) is 49.8. The molecule has 360 valence electrons. The Labute approximate surface area is 425 Å². The average molecular weight is 941 g/mol. The molecule has 0 saturated carbocycles.